The van der Waals surface area contributed by atoms with Gasteiger partial charge in [-0.3, -0.25) is 0 Å². The zero-order chi connectivity index (χ0) is 18.8. The van der Waals surface area contributed by atoms with Gasteiger partial charge in [-0.25, -0.2) is 0 Å². The van der Waals surface area contributed by atoms with E-state index in [1.807, 2.05) is 36.4 Å². The largest absolute Gasteiger partial charge is 0.496 e. The fraction of sp³-hybridized carbons (Fsp3) is 0.227. The van der Waals surface area contributed by atoms with E-state index in [4.69, 9.17) is 21.7 Å². The van der Waals surface area contributed by atoms with Crippen molar-refractivity contribution in [1.29, 1.82) is 0 Å². The van der Waals surface area contributed by atoms with Crippen LogP contribution in [0.3, 0.4) is 0 Å². The number of allylic oxidation sites excluding steroid dienone is 1. The highest BCUT2D eigenvalue weighted by Gasteiger charge is 2.33. The van der Waals surface area contributed by atoms with Gasteiger partial charge in [0.25, 0.3) is 0 Å². The summed E-state index contributed by atoms with van der Waals surface area (Å²) in [5.74, 6) is 1.74. The van der Waals surface area contributed by atoms with Gasteiger partial charge in [0, 0.05) is 16.8 Å². The molecule has 2 aromatic rings. The van der Waals surface area contributed by atoms with Crippen molar-refractivity contribution in [3.05, 3.63) is 76.5 Å². The molecule has 4 rings (SSSR count). The second kappa shape index (κ2) is 7.45. The lowest BCUT2D eigenvalue weighted by Crippen LogP contribution is -2.43. The van der Waals surface area contributed by atoms with Crippen molar-refractivity contribution < 1.29 is 9.47 Å². The Labute approximate surface area is 164 Å². The number of hydrogen-bond acceptors (Lipinski definition) is 3. The maximum atomic E-state index is 5.58. The molecule has 27 heavy (non-hydrogen) atoms. The minimum atomic E-state index is 0.0217. The molecule has 0 spiro atoms. The van der Waals surface area contributed by atoms with E-state index in [0.717, 1.165) is 41.2 Å². The molecule has 5 heteroatoms. The second-order valence-corrected chi connectivity index (χ2v) is 6.99. The highest BCUT2D eigenvalue weighted by molar-refractivity contribution is 7.80. The fourth-order valence-corrected chi connectivity index (χ4v) is 4.05. The lowest BCUT2D eigenvalue weighted by Gasteiger charge is -2.30. The third kappa shape index (κ3) is 3.30. The topological polar surface area (TPSA) is 42.5 Å². The first-order valence-electron chi connectivity index (χ1n) is 8.98. The van der Waals surface area contributed by atoms with E-state index >= 15 is 0 Å². The summed E-state index contributed by atoms with van der Waals surface area (Å²) in [6.45, 7) is 0. The van der Waals surface area contributed by atoms with Crippen LogP contribution in [0.5, 0.6) is 11.5 Å². The van der Waals surface area contributed by atoms with Crippen LogP contribution in [-0.4, -0.2) is 19.3 Å². The normalized spacial score (nSPS) is 20.1. The maximum Gasteiger partial charge on any atom is 0.171 e. The first kappa shape index (κ1) is 17.6. The second-order valence-electron chi connectivity index (χ2n) is 6.59. The van der Waals surface area contributed by atoms with Gasteiger partial charge < -0.3 is 20.1 Å². The number of methoxy groups -OCH3 is 2. The monoisotopic (exact) mass is 378 g/mol. The Balaban J connectivity index is 1.77. The zero-order valence-corrected chi connectivity index (χ0v) is 16.2. The maximum absolute atomic E-state index is 5.58. The van der Waals surface area contributed by atoms with Crippen LogP contribution in [0.25, 0.3) is 6.08 Å². The van der Waals surface area contributed by atoms with Gasteiger partial charge in [0.05, 0.1) is 20.3 Å². The predicted octanol–water partition coefficient (Wildman–Crippen LogP) is 4.35. The van der Waals surface area contributed by atoms with Crippen molar-refractivity contribution in [1.82, 2.24) is 10.6 Å². The number of thiocarbonyl (C=S) groups is 1. The molecule has 0 fully saturated rings. The lowest BCUT2D eigenvalue weighted by molar-refractivity contribution is 0.405. The average Bonchev–Trinajstić information content (AvgIpc) is 3.10. The molecule has 1 atom stereocenters. The highest BCUT2D eigenvalue weighted by atomic mass is 32.1. The van der Waals surface area contributed by atoms with Crippen molar-refractivity contribution in [3.8, 4) is 11.5 Å². The van der Waals surface area contributed by atoms with Gasteiger partial charge in [-0.15, -0.1) is 0 Å². The van der Waals surface area contributed by atoms with Crippen molar-refractivity contribution in [2.24, 2.45) is 0 Å². The summed E-state index contributed by atoms with van der Waals surface area (Å²) in [5.41, 5.74) is 5.87. The molecule has 2 aliphatic rings. The van der Waals surface area contributed by atoms with Gasteiger partial charge in [-0.2, -0.15) is 0 Å². The number of hydrogen-bond donors (Lipinski definition) is 2. The molecule has 0 radical (unpaired) electrons. The Morgan fingerprint density at radius 3 is 2.44 bits per heavy atom. The van der Waals surface area contributed by atoms with Gasteiger partial charge in [0.1, 0.15) is 11.5 Å². The van der Waals surface area contributed by atoms with Crippen LogP contribution in [0.2, 0.25) is 0 Å². The molecular weight excluding hydrogens is 356 g/mol. The highest BCUT2D eigenvalue weighted by Crippen LogP contribution is 2.42. The molecule has 1 unspecified atom stereocenters. The number of para-hydroxylation sites is 2. The Morgan fingerprint density at radius 1 is 0.963 bits per heavy atom. The van der Waals surface area contributed by atoms with E-state index in [9.17, 15) is 0 Å². The number of rotatable bonds is 4. The number of benzene rings is 2. The third-order valence-corrected chi connectivity index (χ3v) is 5.31. The molecule has 1 aliphatic heterocycles. The van der Waals surface area contributed by atoms with E-state index in [1.54, 1.807) is 14.2 Å². The quantitative estimate of drug-likeness (QED) is 0.774. The number of ether oxygens (including phenoxy) is 2. The first-order valence-corrected chi connectivity index (χ1v) is 9.39. The lowest BCUT2D eigenvalue weighted by atomic mass is 9.95. The van der Waals surface area contributed by atoms with Crippen molar-refractivity contribution >= 4 is 23.4 Å². The predicted molar refractivity (Wildman–Crippen MR) is 112 cm³/mol. The Kier molecular flexibility index (Phi) is 4.86. The van der Waals surface area contributed by atoms with Crippen LogP contribution in [0, 0.1) is 0 Å². The van der Waals surface area contributed by atoms with E-state index in [1.165, 1.54) is 11.1 Å². The molecule has 1 heterocycles. The molecule has 138 valence electrons. The Morgan fingerprint density at radius 2 is 1.67 bits per heavy atom. The molecular formula is C22H22N2O2S. The summed E-state index contributed by atoms with van der Waals surface area (Å²) in [6.07, 6.45) is 4.13. The SMILES string of the molecule is COc1ccccc1/C=C1\CCC2=C1NC(=S)NC2c1ccccc1OC. The summed E-state index contributed by atoms with van der Waals surface area (Å²) in [6, 6.07) is 16.2. The summed E-state index contributed by atoms with van der Waals surface area (Å²) in [7, 11) is 3.40. The van der Waals surface area contributed by atoms with Crippen LogP contribution in [0.4, 0.5) is 0 Å². The van der Waals surface area contributed by atoms with Crippen molar-refractivity contribution in [2.75, 3.05) is 14.2 Å². The standard InChI is InChI=1S/C22H22N2O2S/c1-25-18-9-5-3-7-14(18)13-15-11-12-17-20(15)23-22(27)24-21(17)16-8-4-6-10-19(16)26-2/h3-10,13,21H,11-12H2,1-2H3,(H2,23,24,27)/b15-13+. The summed E-state index contributed by atoms with van der Waals surface area (Å²) < 4.78 is 11.1. The molecule has 4 nitrogen and oxygen atoms in total. The van der Waals surface area contributed by atoms with Crippen LogP contribution in [0.15, 0.2) is 65.4 Å². The smallest absolute Gasteiger partial charge is 0.171 e. The van der Waals surface area contributed by atoms with Gasteiger partial charge >= 0.3 is 0 Å². The van der Waals surface area contributed by atoms with Crippen LogP contribution >= 0.6 is 12.2 Å². The van der Waals surface area contributed by atoms with Crippen LogP contribution in [0.1, 0.15) is 30.0 Å². The van der Waals surface area contributed by atoms with E-state index in [2.05, 4.69) is 28.8 Å². The van der Waals surface area contributed by atoms with Crippen LogP contribution in [-0.2, 0) is 0 Å². The minimum absolute atomic E-state index is 0.0217. The summed E-state index contributed by atoms with van der Waals surface area (Å²) in [5, 5.41) is 7.43. The molecule has 1 aliphatic carbocycles. The number of nitrogens with one attached hydrogen (secondary N) is 2. The van der Waals surface area contributed by atoms with Crippen molar-refractivity contribution in [3.63, 3.8) is 0 Å². The summed E-state index contributed by atoms with van der Waals surface area (Å²) in [4.78, 5) is 0. The fourth-order valence-electron chi connectivity index (χ4n) is 3.83. The Hall–Kier alpha value is -2.79. The third-order valence-electron chi connectivity index (χ3n) is 5.09. The van der Waals surface area contributed by atoms with Gasteiger partial charge in [-0.1, -0.05) is 36.4 Å². The molecule has 2 N–H and O–H groups in total. The van der Waals surface area contributed by atoms with Gasteiger partial charge in [0.2, 0.25) is 0 Å². The molecule has 0 amide bonds. The van der Waals surface area contributed by atoms with E-state index in [0.29, 0.717) is 5.11 Å². The molecule has 2 aromatic carbocycles. The van der Waals surface area contributed by atoms with E-state index < -0.39 is 0 Å². The zero-order valence-electron chi connectivity index (χ0n) is 15.4. The molecule has 0 saturated carbocycles. The molecule has 0 aromatic heterocycles. The van der Waals surface area contributed by atoms with Gasteiger partial charge in [0.15, 0.2) is 5.11 Å². The van der Waals surface area contributed by atoms with Crippen molar-refractivity contribution in [2.45, 2.75) is 18.9 Å². The average molecular weight is 378 g/mol. The van der Waals surface area contributed by atoms with E-state index in [-0.39, 0.29) is 6.04 Å². The molecule has 0 saturated heterocycles. The first-order chi connectivity index (χ1) is 13.2. The Bertz CT molecular complexity index is 949. The van der Waals surface area contributed by atoms with Gasteiger partial charge in [-0.05, 0) is 54.4 Å². The summed E-state index contributed by atoms with van der Waals surface area (Å²) >= 11 is 5.50. The van der Waals surface area contributed by atoms with Crippen LogP contribution < -0.4 is 20.1 Å². The molecule has 0 bridgehead atoms. The minimum Gasteiger partial charge on any atom is -0.496 e.